The summed E-state index contributed by atoms with van der Waals surface area (Å²) in [5.41, 5.74) is 3.37. The van der Waals surface area contributed by atoms with Gasteiger partial charge in [-0.25, -0.2) is 0 Å². The van der Waals surface area contributed by atoms with Crippen molar-refractivity contribution >= 4 is 0 Å². The van der Waals surface area contributed by atoms with E-state index in [9.17, 15) is 5.11 Å². The number of rotatable bonds is 6. The van der Waals surface area contributed by atoms with Crippen LogP contribution in [-0.2, 0) is 6.42 Å². The van der Waals surface area contributed by atoms with Gasteiger partial charge in [0.2, 0.25) is 0 Å². The smallest absolute Gasteiger partial charge is 0.160 e. The fourth-order valence-electron chi connectivity index (χ4n) is 2.85. The van der Waals surface area contributed by atoms with E-state index in [1.165, 1.54) is 0 Å². The van der Waals surface area contributed by atoms with Gasteiger partial charge >= 0.3 is 0 Å². The molecular formula is C19H24O4. The van der Waals surface area contributed by atoms with E-state index >= 15 is 0 Å². The molecule has 0 bridgehead atoms. The van der Waals surface area contributed by atoms with E-state index in [0.717, 1.165) is 34.6 Å². The Hall–Kier alpha value is -2.36. The first-order valence-electron chi connectivity index (χ1n) is 7.58. The quantitative estimate of drug-likeness (QED) is 0.872. The lowest BCUT2D eigenvalue weighted by Gasteiger charge is -2.17. The summed E-state index contributed by atoms with van der Waals surface area (Å²) in [4.78, 5) is 0. The molecule has 0 fully saturated rings. The molecule has 0 saturated heterocycles. The minimum atomic E-state index is 0.173. The van der Waals surface area contributed by atoms with Crippen LogP contribution in [0.5, 0.6) is 23.0 Å². The van der Waals surface area contributed by atoms with Gasteiger partial charge in [-0.3, -0.25) is 0 Å². The molecule has 23 heavy (non-hydrogen) atoms. The van der Waals surface area contributed by atoms with Crippen molar-refractivity contribution in [1.82, 2.24) is 0 Å². The maximum atomic E-state index is 10.0. The van der Waals surface area contributed by atoms with E-state index in [2.05, 4.69) is 6.92 Å². The Bertz CT molecular complexity index is 679. The lowest BCUT2D eigenvalue weighted by atomic mass is 9.90. The Morgan fingerprint density at radius 1 is 0.913 bits per heavy atom. The van der Waals surface area contributed by atoms with Crippen molar-refractivity contribution < 1.29 is 19.3 Å². The zero-order chi connectivity index (χ0) is 17.0. The molecule has 0 spiro atoms. The van der Waals surface area contributed by atoms with Crippen molar-refractivity contribution in [1.29, 1.82) is 0 Å². The van der Waals surface area contributed by atoms with Crippen molar-refractivity contribution in [3.63, 3.8) is 0 Å². The lowest BCUT2D eigenvalue weighted by Crippen LogP contribution is -2.02. The van der Waals surface area contributed by atoms with Crippen LogP contribution in [0.3, 0.4) is 0 Å². The monoisotopic (exact) mass is 316 g/mol. The van der Waals surface area contributed by atoms with Crippen molar-refractivity contribution in [2.24, 2.45) is 0 Å². The van der Waals surface area contributed by atoms with Crippen LogP contribution in [0.4, 0.5) is 0 Å². The van der Waals surface area contributed by atoms with E-state index in [1.54, 1.807) is 27.4 Å². The molecule has 0 aliphatic carbocycles. The predicted molar refractivity (Wildman–Crippen MR) is 91.1 cm³/mol. The van der Waals surface area contributed by atoms with Gasteiger partial charge in [-0.2, -0.15) is 0 Å². The summed E-state index contributed by atoms with van der Waals surface area (Å²) < 4.78 is 15.8. The predicted octanol–water partition coefficient (Wildman–Crippen LogP) is 4.07. The van der Waals surface area contributed by atoms with E-state index < -0.39 is 0 Å². The second kappa shape index (κ2) is 7.27. The van der Waals surface area contributed by atoms with E-state index in [4.69, 9.17) is 14.2 Å². The number of ether oxygens (including phenoxy) is 3. The topological polar surface area (TPSA) is 47.9 Å². The normalized spacial score (nSPS) is 11.9. The summed E-state index contributed by atoms with van der Waals surface area (Å²) >= 11 is 0. The second-order valence-corrected chi connectivity index (χ2v) is 5.68. The molecule has 1 N–H and O–H groups in total. The number of phenolic OH excluding ortho intramolecular Hbond substituents is 1. The van der Waals surface area contributed by atoms with Gasteiger partial charge in [0.15, 0.2) is 23.0 Å². The highest BCUT2D eigenvalue weighted by Gasteiger charge is 2.14. The van der Waals surface area contributed by atoms with E-state index in [-0.39, 0.29) is 11.7 Å². The number of aryl methyl sites for hydroxylation is 1. The average molecular weight is 316 g/mol. The summed E-state index contributed by atoms with van der Waals surface area (Å²) in [5, 5.41) is 10.0. The molecule has 0 radical (unpaired) electrons. The minimum absolute atomic E-state index is 0.173. The first-order chi connectivity index (χ1) is 11.0. The van der Waals surface area contributed by atoms with Gasteiger partial charge in [-0.05, 0) is 60.2 Å². The highest BCUT2D eigenvalue weighted by atomic mass is 16.5. The summed E-state index contributed by atoms with van der Waals surface area (Å²) in [7, 11) is 4.82. The maximum absolute atomic E-state index is 10.0. The van der Waals surface area contributed by atoms with Crippen molar-refractivity contribution in [3.8, 4) is 23.0 Å². The third-order valence-corrected chi connectivity index (χ3v) is 4.09. The Morgan fingerprint density at radius 3 is 2.17 bits per heavy atom. The molecule has 1 atom stereocenters. The molecular weight excluding hydrogens is 292 g/mol. The molecule has 0 heterocycles. The molecule has 2 aromatic rings. The third-order valence-electron chi connectivity index (χ3n) is 4.09. The number of phenols is 1. The van der Waals surface area contributed by atoms with Crippen LogP contribution in [-0.4, -0.2) is 26.4 Å². The van der Waals surface area contributed by atoms with Gasteiger partial charge in [0.1, 0.15) is 0 Å². The van der Waals surface area contributed by atoms with Crippen molar-refractivity contribution in [2.75, 3.05) is 21.3 Å². The molecule has 2 rings (SSSR count). The number of aromatic hydroxyl groups is 1. The van der Waals surface area contributed by atoms with Crippen LogP contribution < -0.4 is 14.2 Å². The molecule has 0 amide bonds. The summed E-state index contributed by atoms with van der Waals surface area (Å²) in [6.45, 7) is 4.17. The molecule has 0 aliphatic heterocycles. The van der Waals surface area contributed by atoms with E-state index in [0.29, 0.717) is 5.75 Å². The van der Waals surface area contributed by atoms with Crippen LogP contribution in [0.15, 0.2) is 30.3 Å². The number of benzene rings is 2. The zero-order valence-corrected chi connectivity index (χ0v) is 14.3. The molecule has 4 heteroatoms. The standard InChI is InChI=1S/C19H24O4/c1-12(15-11-16(20)18(22-4)9-13(15)2)8-14-6-7-17(21-3)19(10-14)23-5/h6-7,9-12,20H,8H2,1-5H3. The van der Waals surface area contributed by atoms with Crippen molar-refractivity contribution in [3.05, 3.63) is 47.0 Å². The lowest BCUT2D eigenvalue weighted by molar-refractivity contribution is 0.354. The van der Waals surface area contributed by atoms with Crippen molar-refractivity contribution in [2.45, 2.75) is 26.2 Å². The van der Waals surface area contributed by atoms with Gasteiger partial charge in [0, 0.05) is 0 Å². The number of methoxy groups -OCH3 is 3. The van der Waals surface area contributed by atoms with Crippen LogP contribution in [0.1, 0.15) is 29.5 Å². The van der Waals surface area contributed by atoms with Crippen LogP contribution >= 0.6 is 0 Å². The molecule has 124 valence electrons. The largest absolute Gasteiger partial charge is 0.504 e. The zero-order valence-electron chi connectivity index (χ0n) is 14.3. The highest BCUT2D eigenvalue weighted by molar-refractivity contribution is 5.48. The van der Waals surface area contributed by atoms with Gasteiger partial charge in [-0.1, -0.05) is 13.0 Å². The number of hydrogen-bond acceptors (Lipinski definition) is 4. The Kier molecular flexibility index (Phi) is 5.37. The van der Waals surface area contributed by atoms with Crippen LogP contribution in [0.2, 0.25) is 0 Å². The fourth-order valence-corrected chi connectivity index (χ4v) is 2.85. The first kappa shape index (κ1) is 17.0. The molecule has 2 aromatic carbocycles. The highest BCUT2D eigenvalue weighted by Crippen LogP contribution is 2.35. The van der Waals surface area contributed by atoms with E-state index in [1.807, 2.05) is 31.2 Å². The Balaban J connectivity index is 2.25. The van der Waals surface area contributed by atoms with Gasteiger partial charge in [0.05, 0.1) is 21.3 Å². The summed E-state index contributed by atoms with van der Waals surface area (Å²) in [6.07, 6.45) is 0.840. The van der Waals surface area contributed by atoms with Crippen LogP contribution in [0, 0.1) is 6.92 Å². The number of hydrogen-bond donors (Lipinski definition) is 1. The minimum Gasteiger partial charge on any atom is -0.504 e. The molecule has 0 saturated carbocycles. The summed E-state index contributed by atoms with van der Waals surface area (Å²) in [5.74, 6) is 2.38. The first-order valence-corrected chi connectivity index (χ1v) is 7.58. The third kappa shape index (κ3) is 3.70. The maximum Gasteiger partial charge on any atom is 0.160 e. The van der Waals surface area contributed by atoms with Gasteiger partial charge in [0.25, 0.3) is 0 Å². The average Bonchev–Trinajstić information content (AvgIpc) is 2.56. The second-order valence-electron chi connectivity index (χ2n) is 5.68. The Labute approximate surface area is 137 Å². The molecule has 1 unspecified atom stereocenters. The van der Waals surface area contributed by atoms with Gasteiger partial charge in [-0.15, -0.1) is 0 Å². The van der Waals surface area contributed by atoms with Crippen LogP contribution in [0.25, 0.3) is 0 Å². The summed E-state index contributed by atoms with van der Waals surface area (Å²) in [6, 6.07) is 9.61. The molecule has 4 nitrogen and oxygen atoms in total. The van der Waals surface area contributed by atoms with Gasteiger partial charge < -0.3 is 19.3 Å². The molecule has 0 aliphatic rings. The SMILES string of the molecule is COc1cc(C)c(C(C)Cc2ccc(OC)c(OC)c2)cc1O. The Morgan fingerprint density at radius 2 is 1.57 bits per heavy atom. The fraction of sp³-hybridized carbons (Fsp3) is 0.368. The molecule has 0 aromatic heterocycles.